The number of nitrogens with two attached hydrogens (primary N) is 1. The largest absolute Gasteiger partial charge is 0.399 e. The molecule has 18 heavy (non-hydrogen) atoms. The van der Waals surface area contributed by atoms with E-state index in [4.69, 9.17) is 15.6 Å². The second-order valence-electron chi connectivity index (χ2n) is 3.68. The molecule has 0 fully saturated rings. The van der Waals surface area contributed by atoms with E-state index in [2.05, 4.69) is 5.32 Å². The summed E-state index contributed by atoms with van der Waals surface area (Å²) >= 11 is 0. The second kappa shape index (κ2) is 7.62. The highest BCUT2D eigenvalue weighted by Gasteiger charge is 2.11. The highest BCUT2D eigenvalue weighted by atomic mass is 19.1. The molecule has 0 saturated carbocycles. The summed E-state index contributed by atoms with van der Waals surface area (Å²) < 4.78 is 18.3. The van der Waals surface area contributed by atoms with Gasteiger partial charge >= 0.3 is 0 Å². The summed E-state index contributed by atoms with van der Waals surface area (Å²) in [6.45, 7) is 1.05. The van der Waals surface area contributed by atoms with Crippen molar-refractivity contribution in [3.63, 3.8) is 0 Å². The Hall–Kier alpha value is -1.66. The molecule has 5 nitrogen and oxygen atoms in total. The lowest BCUT2D eigenvalue weighted by Gasteiger charge is -2.07. The molecule has 0 unspecified atom stereocenters. The summed E-state index contributed by atoms with van der Waals surface area (Å²) in [7, 11) is 0. The first-order valence-corrected chi connectivity index (χ1v) is 5.67. The Morgan fingerprint density at radius 3 is 2.94 bits per heavy atom. The van der Waals surface area contributed by atoms with Gasteiger partial charge in [-0.05, 0) is 24.6 Å². The number of rotatable bonds is 7. The summed E-state index contributed by atoms with van der Waals surface area (Å²) in [5.74, 6) is -1.10. The number of carbonyl (C=O) groups is 1. The summed E-state index contributed by atoms with van der Waals surface area (Å²) in [5.41, 5.74) is 5.76. The molecule has 1 aromatic rings. The summed E-state index contributed by atoms with van der Waals surface area (Å²) in [6, 6.07) is 3.86. The lowest BCUT2D eigenvalue weighted by atomic mass is 10.1. The molecule has 1 amide bonds. The molecule has 0 aromatic heterocycles. The zero-order chi connectivity index (χ0) is 13.4. The molecule has 0 spiro atoms. The van der Waals surface area contributed by atoms with Crippen LogP contribution in [0.25, 0.3) is 0 Å². The topological polar surface area (TPSA) is 84.6 Å². The number of nitrogen functional groups attached to an aromatic ring is 1. The van der Waals surface area contributed by atoms with Crippen LogP contribution in [0, 0.1) is 5.82 Å². The Morgan fingerprint density at radius 2 is 2.22 bits per heavy atom. The number of halogens is 1. The van der Waals surface area contributed by atoms with E-state index >= 15 is 0 Å². The Kier molecular flexibility index (Phi) is 6.10. The number of hydrogen-bond donors (Lipinski definition) is 3. The van der Waals surface area contributed by atoms with Gasteiger partial charge in [-0.1, -0.05) is 0 Å². The van der Waals surface area contributed by atoms with Gasteiger partial charge in [0.05, 0.1) is 18.8 Å². The van der Waals surface area contributed by atoms with Crippen LogP contribution >= 0.6 is 0 Å². The first-order chi connectivity index (χ1) is 8.65. The van der Waals surface area contributed by atoms with Gasteiger partial charge in [0.1, 0.15) is 5.82 Å². The number of anilines is 1. The van der Waals surface area contributed by atoms with Crippen LogP contribution in [0.3, 0.4) is 0 Å². The van der Waals surface area contributed by atoms with E-state index in [-0.39, 0.29) is 18.8 Å². The van der Waals surface area contributed by atoms with E-state index in [1.807, 2.05) is 0 Å². The van der Waals surface area contributed by atoms with Crippen LogP contribution in [0.2, 0.25) is 0 Å². The molecule has 0 atom stereocenters. The van der Waals surface area contributed by atoms with Crippen molar-refractivity contribution in [2.45, 2.75) is 6.42 Å². The Morgan fingerprint density at radius 1 is 1.44 bits per heavy atom. The fourth-order valence-electron chi connectivity index (χ4n) is 1.35. The standard InChI is InChI=1S/C12H17FN2O3/c13-11-3-2-9(14)8-10(11)12(17)15-4-1-6-18-7-5-16/h2-3,8,16H,1,4-7,14H2,(H,15,17). The first-order valence-electron chi connectivity index (χ1n) is 5.67. The number of aliphatic hydroxyl groups excluding tert-OH is 1. The highest BCUT2D eigenvalue weighted by molar-refractivity contribution is 5.95. The molecule has 0 saturated heterocycles. The number of aliphatic hydroxyl groups is 1. The molecule has 0 bridgehead atoms. The van der Waals surface area contributed by atoms with Crippen LogP contribution in [0.1, 0.15) is 16.8 Å². The fraction of sp³-hybridized carbons (Fsp3) is 0.417. The van der Waals surface area contributed by atoms with Crippen LogP contribution in [0.15, 0.2) is 18.2 Å². The molecule has 0 radical (unpaired) electrons. The average molecular weight is 256 g/mol. The minimum absolute atomic E-state index is 0.0269. The van der Waals surface area contributed by atoms with Crippen LogP contribution < -0.4 is 11.1 Å². The van der Waals surface area contributed by atoms with Gasteiger partial charge in [0, 0.05) is 18.8 Å². The van der Waals surface area contributed by atoms with Gasteiger partial charge in [-0.15, -0.1) is 0 Å². The van der Waals surface area contributed by atoms with Crippen molar-refractivity contribution in [1.29, 1.82) is 0 Å². The normalized spacial score (nSPS) is 10.3. The number of hydrogen-bond acceptors (Lipinski definition) is 4. The summed E-state index contributed by atoms with van der Waals surface area (Å²) in [4.78, 5) is 11.6. The lowest BCUT2D eigenvalue weighted by Crippen LogP contribution is -2.26. The monoisotopic (exact) mass is 256 g/mol. The van der Waals surface area contributed by atoms with Crippen LogP contribution in [-0.2, 0) is 4.74 Å². The molecule has 4 N–H and O–H groups in total. The van der Waals surface area contributed by atoms with Crippen molar-refractivity contribution in [1.82, 2.24) is 5.32 Å². The van der Waals surface area contributed by atoms with Gasteiger partial charge in [0.15, 0.2) is 0 Å². The van der Waals surface area contributed by atoms with Crippen molar-refractivity contribution in [3.8, 4) is 0 Å². The Balaban J connectivity index is 2.34. The molecular weight excluding hydrogens is 239 g/mol. The van der Waals surface area contributed by atoms with Gasteiger partial charge in [-0.25, -0.2) is 4.39 Å². The quantitative estimate of drug-likeness (QED) is 0.491. The molecule has 0 aliphatic carbocycles. The van der Waals surface area contributed by atoms with Crippen molar-refractivity contribution >= 4 is 11.6 Å². The van der Waals surface area contributed by atoms with Crippen LogP contribution in [0.5, 0.6) is 0 Å². The SMILES string of the molecule is Nc1ccc(F)c(C(=O)NCCCOCCO)c1. The second-order valence-corrected chi connectivity index (χ2v) is 3.68. The smallest absolute Gasteiger partial charge is 0.254 e. The first kappa shape index (κ1) is 14.4. The Labute approximate surface area is 105 Å². The van der Waals surface area contributed by atoms with Crippen molar-refractivity contribution in [2.75, 3.05) is 32.1 Å². The minimum Gasteiger partial charge on any atom is -0.399 e. The number of benzene rings is 1. The third-order valence-electron chi connectivity index (χ3n) is 2.22. The maximum Gasteiger partial charge on any atom is 0.254 e. The molecule has 1 aromatic carbocycles. The van der Waals surface area contributed by atoms with Crippen LogP contribution in [0.4, 0.5) is 10.1 Å². The molecule has 6 heteroatoms. The number of nitrogens with one attached hydrogen (secondary N) is 1. The van der Waals surface area contributed by atoms with E-state index in [1.54, 1.807) is 0 Å². The number of amides is 1. The predicted octanol–water partition coefficient (Wildman–Crippen LogP) is 0.537. The molecule has 0 aliphatic rings. The Bertz CT molecular complexity index is 399. The average Bonchev–Trinajstić information content (AvgIpc) is 2.36. The maximum absolute atomic E-state index is 13.3. The van der Waals surface area contributed by atoms with Crippen molar-refractivity contribution < 1.29 is 19.0 Å². The van der Waals surface area contributed by atoms with E-state index in [0.717, 1.165) is 6.07 Å². The molecule has 0 heterocycles. The van der Waals surface area contributed by atoms with Crippen molar-refractivity contribution in [2.24, 2.45) is 0 Å². The van der Waals surface area contributed by atoms with E-state index < -0.39 is 11.7 Å². The zero-order valence-corrected chi connectivity index (χ0v) is 9.99. The van der Waals surface area contributed by atoms with Crippen molar-refractivity contribution in [3.05, 3.63) is 29.6 Å². The van der Waals surface area contributed by atoms with Gasteiger partial charge in [-0.3, -0.25) is 4.79 Å². The van der Waals surface area contributed by atoms with E-state index in [9.17, 15) is 9.18 Å². The summed E-state index contributed by atoms with van der Waals surface area (Å²) in [5, 5.41) is 11.0. The highest BCUT2D eigenvalue weighted by Crippen LogP contribution is 2.11. The zero-order valence-electron chi connectivity index (χ0n) is 9.99. The molecule has 0 aliphatic heterocycles. The number of carbonyl (C=O) groups excluding carboxylic acids is 1. The molecular formula is C12H17FN2O3. The van der Waals surface area contributed by atoms with Gasteiger partial charge in [0.2, 0.25) is 0 Å². The van der Waals surface area contributed by atoms with Crippen LogP contribution in [-0.4, -0.2) is 37.4 Å². The molecule has 1 rings (SSSR count). The maximum atomic E-state index is 13.3. The fourth-order valence-corrected chi connectivity index (χ4v) is 1.35. The minimum atomic E-state index is -0.599. The van der Waals surface area contributed by atoms with Gasteiger partial charge in [0.25, 0.3) is 5.91 Å². The van der Waals surface area contributed by atoms with E-state index in [1.165, 1.54) is 12.1 Å². The lowest BCUT2D eigenvalue weighted by molar-refractivity contribution is 0.0866. The van der Waals surface area contributed by atoms with E-state index in [0.29, 0.717) is 25.3 Å². The third kappa shape index (κ3) is 4.68. The van der Waals surface area contributed by atoms with Gasteiger partial charge in [-0.2, -0.15) is 0 Å². The molecule has 100 valence electrons. The summed E-state index contributed by atoms with van der Waals surface area (Å²) in [6.07, 6.45) is 0.593. The third-order valence-corrected chi connectivity index (χ3v) is 2.22. The van der Waals surface area contributed by atoms with Gasteiger partial charge < -0.3 is 20.9 Å². The number of ether oxygens (including phenoxy) is 1. The predicted molar refractivity (Wildman–Crippen MR) is 65.7 cm³/mol.